The van der Waals surface area contributed by atoms with Gasteiger partial charge in [0.15, 0.2) is 0 Å². The van der Waals surface area contributed by atoms with Crippen LogP contribution in [0, 0.1) is 3.57 Å². The van der Waals surface area contributed by atoms with E-state index in [9.17, 15) is 8.42 Å². The average molecular weight is 536 g/mol. The van der Waals surface area contributed by atoms with Gasteiger partial charge in [-0.05, 0) is 71.0 Å². The first-order chi connectivity index (χ1) is 13.0. The third-order valence-corrected chi connectivity index (χ3v) is 7.57. The van der Waals surface area contributed by atoms with Crippen LogP contribution in [-0.2, 0) is 16.4 Å². The molecular weight excluding hydrogens is 513 g/mol. The Labute approximate surface area is 185 Å². The average Bonchev–Trinajstić information content (AvgIpc) is 3.12. The summed E-state index contributed by atoms with van der Waals surface area (Å²) in [6.45, 7) is 3.87. The number of piperazine rings is 1. The number of halogens is 2. The predicted octanol–water partition coefficient (Wildman–Crippen LogP) is 2.88. The predicted molar refractivity (Wildman–Crippen MR) is 123 cm³/mol. The van der Waals surface area contributed by atoms with Gasteiger partial charge in [0, 0.05) is 36.3 Å². The van der Waals surface area contributed by atoms with Crippen LogP contribution in [0.2, 0.25) is 0 Å². The van der Waals surface area contributed by atoms with E-state index in [1.54, 1.807) is 25.3 Å². The van der Waals surface area contributed by atoms with E-state index in [0.717, 1.165) is 53.1 Å². The topological polar surface area (TPSA) is 61.9 Å². The van der Waals surface area contributed by atoms with E-state index in [1.165, 1.54) is 4.31 Å². The van der Waals surface area contributed by atoms with Crippen molar-refractivity contribution in [2.24, 2.45) is 0 Å². The molecule has 2 aliphatic rings. The summed E-state index contributed by atoms with van der Waals surface area (Å²) in [5, 5.41) is 3.32. The van der Waals surface area contributed by atoms with Crippen molar-refractivity contribution < 1.29 is 13.2 Å². The number of fused-ring (bicyclic) bond motifs is 1. The molecule has 0 aromatic heterocycles. The molecule has 1 fully saturated rings. The molecule has 0 radical (unpaired) electrons. The summed E-state index contributed by atoms with van der Waals surface area (Å²) >= 11 is 2.26. The van der Waals surface area contributed by atoms with E-state index in [4.69, 9.17) is 4.74 Å². The minimum absolute atomic E-state index is 0. The van der Waals surface area contributed by atoms with Gasteiger partial charge in [0.25, 0.3) is 10.0 Å². The summed E-state index contributed by atoms with van der Waals surface area (Å²) in [6.07, 6.45) is 0.742. The standard InChI is InChI=1S/C19H22IN3O3S.ClH/c1-26-19-5-3-16(13-18(19)22-10-7-21-8-11-22)27(24,25)23-9-6-14-12-15(20)2-4-17(14)23;/h2-5,12-13,21H,6-11H2,1H3;1H. The number of rotatable bonds is 4. The Kier molecular flexibility index (Phi) is 6.63. The summed E-state index contributed by atoms with van der Waals surface area (Å²) < 4.78 is 34.9. The molecular formula is C19H23ClIN3O3S. The summed E-state index contributed by atoms with van der Waals surface area (Å²) in [5.74, 6) is 0.701. The van der Waals surface area contributed by atoms with Crippen molar-refractivity contribution >= 4 is 56.4 Å². The fourth-order valence-corrected chi connectivity index (χ4v) is 5.78. The molecule has 0 spiro atoms. The van der Waals surface area contributed by atoms with Crippen LogP contribution in [0.5, 0.6) is 5.75 Å². The highest BCUT2D eigenvalue weighted by Gasteiger charge is 2.32. The Hall–Kier alpha value is -1.23. The van der Waals surface area contributed by atoms with Crippen molar-refractivity contribution in [3.63, 3.8) is 0 Å². The molecule has 0 saturated carbocycles. The second-order valence-electron chi connectivity index (χ2n) is 6.67. The molecule has 1 N–H and O–H groups in total. The number of hydrogen-bond acceptors (Lipinski definition) is 5. The van der Waals surface area contributed by atoms with Crippen LogP contribution < -0.4 is 19.3 Å². The second-order valence-corrected chi connectivity index (χ2v) is 9.78. The summed E-state index contributed by atoms with van der Waals surface area (Å²) in [5.41, 5.74) is 2.71. The summed E-state index contributed by atoms with van der Waals surface area (Å²) in [7, 11) is -2.00. The molecule has 28 heavy (non-hydrogen) atoms. The Morgan fingerprint density at radius 3 is 2.50 bits per heavy atom. The number of sulfonamides is 1. The van der Waals surface area contributed by atoms with Crippen molar-refractivity contribution in [3.05, 3.63) is 45.5 Å². The Morgan fingerprint density at radius 1 is 1.04 bits per heavy atom. The van der Waals surface area contributed by atoms with Gasteiger partial charge >= 0.3 is 0 Å². The number of anilines is 2. The minimum atomic E-state index is -3.62. The number of methoxy groups -OCH3 is 1. The lowest BCUT2D eigenvalue weighted by Crippen LogP contribution is -2.43. The molecule has 6 nitrogen and oxygen atoms in total. The molecule has 0 bridgehead atoms. The first-order valence-electron chi connectivity index (χ1n) is 8.95. The quantitative estimate of drug-likeness (QED) is 0.610. The van der Waals surface area contributed by atoms with Gasteiger partial charge in [-0.1, -0.05) is 0 Å². The highest BCUT2D eigenvalue weighted by Crippen LogP contribution is 2.37. The fraction of sp³-hybridized carbons (Fsp3) is 0.368. The lowest BCUT2D eigenvalue weighted by Gasteiger charge is -2.31. The molecule has 2 aromatic rings. The zero-order valence-electron chi connectivity index (χ0n) is 15.5. The molecule has 2 aliphatic heterocycles. The van der Waals surface area contributed by atoms with Gasteiger partial charge in [-0.2, -0.15) is 0 Å². The Morgan fingerprint density at radius 2 is 1.79 bits per heavy atom. The van der Waals surface area contributed by atoms with Gasteiger partial charge in [0.05, 0.1) is 23.4 Å². The monoisotopic (exact) mass is 535 g/mol. The maximum Gasteiger partial charge on any atom is 0.264 e. The maximum absolute atomic E-state index is 13.4. The molecule has 0 atom stereocenters. The Balaban J connectivity index is 0.00000225. The molecule has 2 heterocycles. The van der Waals surface area contributed by atoms with Gasteiger partial charge in [0.2, 0.25) is 0 Å². The summed E-state index contributed by atoms with van der Waals surface area (Å²) in [4.78, 5) is 2.48. The molecule has 0 aliphatic carbocycles. The number of ether oxygens (including phenoxy) is 1. The third-order valence-electron chi connectivity index (χ3n) is 5.09. The second kappa shape index (κ2) is 8.64. The van der Waals surface area contributed by atoms with Crippen molar-refractivity contribution in [2.75, 3.05) is 49.0 Å². The molecule has 152 valence electrons. The van der Waals surface area contributed by atoms with Gasteiger partial charge < -0.3 is 15.0 Å². The van der Waals surface area contributed by atoms with E-state index in [2.05, 4.69) is 38.9 Å². The van der Waals surface area contributed by atoms with Gasteiger partial charge in [0.1, 0.15) is 5.75 Å². The minimum Gasteiger partial charge on any atom is -0.495 e. The zero-order chi connectivity index (χ0) is 19.0. The number of hydrogen-bond donors (Lipinski definition) is 1. The van der Waals surface area contributed by atoms with E-state index < -0.39 is 10.0 Å². The van der Waals surface area contributed by atoms with Crippen molar-refractivity contribution in [1.82, 2.24) is 5.32 Å². The lowest BCUT2D eigenvalue weighted by atomic mass is 10.2. The van der Waals surface area contributed by atoms with Gasteiger partial charge in [-0.25, -0.2) is 8.42 Å². The highest BCUT2D eigenvalue weighted by atomic mass is 127. The van der Waals surface area contributed by atoms with E-state index in [0.29, 0.717) is 17.2 Å². The van der Waals surface area contributed by atoms with Crippen LogP contribution in [0.15, 0.2) is 41.3 Å². The van der Waals surface area contributed by atoms with E-state index in [-0.39, 0.29) is 12.4 Å². The van der Waals surface area contributed by atoms with Crippen LogP contribution in [-0.4, -0.2) is 48.3 Å². The SMILES string of the molecule is COc1ccc(S(=O)(=O)N2CCc3cc(I)ccc32)cc1N1CCNCC1.Cl. The molecule has 0 unspecified atom stereocenters. The van der Waals surface area contributed by atoms with Crippen LogP contribution in [0.1, 0.15) is 5.56 Å². The van der Waals surface area contributed by atoms with Crippen molar-refractivity contribution in [1.29, 1.82) is 0 Å². The number of nitrogens with one attached hydrogen (secondary N) is 1. The smallest absolute Gasteiger partial charge is 0.264 e. The molecule has 1 saturated heterocycles. The van der Waals surface area contributed by atoms with Gasteiger partial charge in [-0.15, -0.1) is 12.4 Å². The van der Waals surface area contributed by atoms with E-state index >= 15 is 0 Å². The highest BCUT2D eigenvalue weighted by molar-refractivity contribution is 14.1. The Bertz CT molecular complexity index is 965. The number of nitrogens with zero attached hydrogens (tertiary/aromatic N) is 2. The summed E-state index contributed by atoms with van der Waals surface area (Å²) in [6, 6.07) is 11.1. The van der Waals surface area contributed by atoms with Crippen molar-refractivity contribution in [2.45, 2.75) is 11.3 Å². The van der Waals surface area contributed by atoms with E-state index in [1.807, 2.05) is 12.1 Å². The van der Waals surface area contributed by atoms with Crippen LogP contribution in [0.3, 0.4) is 0 Å². The van der Waals surface area contributed by atoms with Gasteiger partial charge in [-0.3, -0.25) is 4.31 Å². The zero-order valence-corrected chi connectivity index (χ0v) is 19.3. The molecule has 2 aromatic carbocycles. The molecule has 0 amide bonds. The normalized spacial score (nSPS) is 16.5. The van der Waals surface area contributed by atoms with Crippen LogP contribution in [0.4, 0.5) is 11.4 Å². The van der Waals surface area contributed by atoms with Crippen LogP contribution in [0.25, 0.3) is 0 Å². The first kappa shape index (κ1) is 21.5. The molecule has 9 heteroatoms. The lowest BCUT2D eigenvalue weighted by molar-refractivity contribution is 0.412. The fourth-order valence-electron chi connectivity index (χ4n) is 3.70. The largest absolute Gasteiger partial charge is 0.495 e. The number of benzene rings is 2. The molecule has 4 rings (SSSR count). The van der Waals surface area contributed by atoms with Crippen molar-refractivity contribution in [3.8, 4) is 5.75 Å². The third kappa shape index (κ3) is 3.92. The van der Waals surface area contributed by atoms with Crippen LogP contribution >= 0.6 is 35.0 Å². The first-order valence-corrected chi connectivity index (χ1v) is 11.5. The maximum atomic E-state index is 13.4.